The number of carbonyl (C=O) groups excluding carboxylic acids is 1. The SMILES string of the molecule is CC(=O)OCc1cccc([Si](C)(c2cccc(CO)c2)C(C)C)c1. The van der Waals surface area contributed by atoms with Crippen LogP contribution in [-0.4, -0.2) is 19.1 Å². The van der Waals surface area contributed by atoms with E-state index in [0.717, 1.165) is 11.1 Å². The van der Waals surface area contributed by atoms with Crippen molar-refractivity contribution in [2.75, 3.05) is 0 Å². The highest BCUT2D eigenvalue weighted by Crippen LogP contribution is 2.22. The summed E-state index contributed by atoms with van der Waals surface area (Å²) in [6, 6.07) is 16.7. The normalized spacial score (nSPS) is 13.6. The molecule has 0 amide bonds. The highest BCUT2D eigenvalue weighted by molar-refractivity contribution is 7.02. The molecule has 0 heterocycles. The Kier molecular flexibility index (Phi) is 5.97. The summed E-state index contributed by atoms with van der Waals surface area (Å²) in [5, 5.41) is 12.1. The lowest BCUT2D eigenvalue weighted by Crippen LogP contribution is -2.58. The van der Waals surface area contributed by atoms with Crippen molar-refractivity contribution in [3.63, 3.8) is 0 Å². The molecule has 0 radical (unpaired) electrons. The van der Waals surface area contributed by atoms with Crippen LogP contribution in [0.2, 0.25) is 12.1 Å². The first-order valence-corrected chi connectivity index (χ1v) is 10.9. The number of ether oxygens (including phenoxy) is 1. The van der Waals surface area contributed by atoms with E-state index in [4.69, 9.17) is 4.74 Å². The fourth-order valence-corrected chi connectivity index (χ4v) is 6.52. The number of carbonyl (C=O) groups is 1. The Hall–Kier alpha value is -1.91. The van der Waals surface area contributed by atoms with Crippen LogP contribution in [0.15, 0.2) is 48.5 Å². The lowest BCUT2D eigenvalue weighted by Gasteiger charge is -2.33. The predicted octanol–water partition coefficient (Wildman–Crippen LogP) is 2.84. The summed E-state index contributed by atoms with van der Waals surface area (Å²) < 4.78 is 5.14. The summed E-state index contributed by atoms with van der Waals surface area (Å²) in [4.78, 5) is 11.1. The first kappa shape index (κ1) is 18.4. The van der Waals surface area contributed by atoms with E-state index in [1.54, 1.807) is 0 Å². The Labute approximate surface area is 145 Å². The third-order valence-electron chi connectivity index (χ3n) is 4.83. The molecular weight excluding hydrogens is 316 g/mol. The summed E-state index contributed by atoms with van der Waals surface area (Å²) in [5.74, 6) is -0.264. The van der Waals surface area contributed by atoms with Crippen LogP contribution in [0.5, 0.6) is 0 Å². The zero-order chi connectivity index (χ0) is 17.7. The van der Waals surface area contributed by atoms with E-state index in [2.05, 4.69) is 44.7 Å². The van der Waals surface area contributed by atoms with Gasteiger partial charge in [0.1, 0.15) is 14.7 Å². The number of rotatable bonds is 6. The topological polar surface area (TPSA) is 46.5 Å². The minimum absolute atomic E-state index is 0.0584. The predicted molar refractivity (Wildman–Crippen MR) is 100 cm³/mol. The lowest BCUT2D eigenvalue weighted by molar-refractivity contribution is -0.142. The second kappa shape index (κ2) is 7.77. The molecule has 2 aromatic carbocycles. The van der Waals surface area contributed by atoms with E-state index in [-0.39, 0.29) is 12.6 Å². The van der Waals surface area contributed by atoms with E-state index in [9.17, 15) is 9.90 Å². The molecule has 0 fully saturated rings. The number of aliphatic hydroxyl groups excluding tert-OH is 1. The first-order valence-electron chi connectivity index (χ1n) is 8.31. The minimum Gasteiger partial charge on any atom is -0.461 e. The van der Waals surface area contributed by atoms with Gasteiger partial charge in [0.05, 0.1) is 6.61 Å². The van der Waals surface area contributed by atoms with E-state index in [1.807, 2.05) is 24.3 Å². The Bertz CT molecular complexity index is 712. The molecule has 2 aromatic rings. The number of aliphatic hydroxyl groups is 1. The molecule has 3 nitrogen and oxygen atoms in total. The molecule has 0 saturated carbocycles. The number of benzene rings is 2. The summed E-state index contributed by atoms with van der Waals surface area (Å²) in [6.45, 7) is 8.68. The molecule has 0 aliphatic rings. The maximum Gasteiger partial charge on any atom is 0.302 e. The molecule has 1 N–H and O–H groups in total. The van der Waals surface area contributed by atoms with Crippen molar-refractivity contribution in [3.8, 4) is 0 Å². The summed E-state index contributed by atoms with van der Waals surface area (Å²) in [5.41, 5.74) is 2.46. The standard InChI is InChI=1S/C20H26O3Si/c1-15(2)24(4,19-9-5-7-17(11-19)13-21)20-10-6-8-18(12-20)14-23-16(3)22/h5-12,15,21H,13-14H2,1-4H3. The van der Waals surface area contributed by atoms with Crippen molar-refractivity contribution < 1.29 is 14.6 Å². The molecule has 1 unspecified atom stereocenters. The molecule has 24 heavy (non-hydrogen) atoms. The molecule has 1 atom stereocenters. The zero-order valence-electron chi connectivity index (χ0n) is 14.9. The van der Waals surface area contributed by atoms with Crippen LogP contribution in [0, 0.1) is 0 Å². The van der Waals surface area contributed by atoms with Gasteiger partial charge in [-0.2, -0.15) is 0 Å². The summed E-state index contributed by atoms with van der Waals surface area (Å²) in [6.07, 6.45) is 0. The Balaban J connectivity index is 2.46. The fourth-order valence-electron chi connectivity index (χ4n) is 3.00. The van der Waals surface area contributed by atoms with Gasteiger partial charge in [0.2, 0.25) is 0 Å². The van der Waals surface area contributed by atoms with Crippen LogP contribution in [0.1, 0.15) is 31.9 Å². The first-order chi connectivity index (χ1) is 11.4. The molecule has 0 aliphatic carbocycles. The average molecular weight is 343 g/mol. The van der Waals surface area contributed by atoms with Gasteiger partial charge in [-0.3, -0.25) is 4.79 Å². The second-order valence-electron chi connectivity index (χ2n) is 6.70. The van der Waals surface area contributed by atoms with Crippen molar-refractivity contribution in [3.05, 3.63) is 59.7 Å². The van der Waals surface area contributed by atoms with Crippen molar-refractivity contribution >= 4 is 24.4 Å². The monoisotopic (exact) mass is 342 g/mol. The highest BCUT2D eigenvalue weighted by atomic mass is 28.3. The Morgan fingerprint density at radius 1 is 1.08 bits per heavy atom. The fraction of sp³-hybridized carbons (Fsp3) is 0.350. The van der Waals surface area contributed by atoms with Crippen molar-refractivity contribution in [2.45, 2.75) is 46.1 Å². The van der Waals surface area contributed by atoms with E-state index < -0.39 is 8.07 Å². The van der Waals surface area contributed by atoms with Gasteiger partial charge in [-0.25, -0.2) is 0 Å². The molecule has 0 spiro atoms. The van der Waals surface area contributed by atoms with Gasteiger partial charge in [-0.05, 0) is 16.7 Å². The smallest absolute Gasteiger partial charge is 0.302 e. The Morgan fingerprint density at radius 2 is 1.62 bits per heavy atom. The van der Waals surface area contributed by atoms with Crippen LogP contribution in [0.3, 0.4) is 0 Å². The lowest BCUT2D eigenvalue weighted by atomic mass is 10.2. The number of hydrogen-bond donors (Lipinski definition) is 1. The maximum absolute atomic E-state index is 11.1. The zero-order valence-corrected chi connectivity index (χ0v) is 15.9. The maximum atomic E-state index is 11.1. The van der Waals surface area contributed by atoms with Crippen LogP contribution in [-0.2, 0) is 22.7 Å². The minimum atomic E-state index is -1.97. The molecule has 4 heteroatoms. The second-order valence-corrected chi connectivity index (χ2v) is 11.4. The quantitative estimate of drug-likeness (QED) is 0.649. The van der Waals surface area contributed by atoms with Gasteiger partial charge >= 0.3 is 5.97 Å². The van der Waals surface area contributed by atoms with Crippen molar-refractivity contribution in [2.24, 2.45) is 0 Å². The van der Waals surface area contributed by atoms with Crippen LogP contribution in [0.25, 0.3) is 0 Å². The van der Waals surface area contributed by atoms with Gasteiger partial charge < -0.3 is 9.84 Å². The van der Waals surface area contributed by atoms with Gasteiger partial charge in [0, 0.05) is 6.92 Å². The van der Waals surface area contributed by atoms with Crippen molar-refractivity contribution in [1.29, 1.82) is 0 Å². The molecule has 2 rings (SSSR count). The number of hydrogen-bond acceptors (Lipinski definition) is 3. The number of esters is 1. The summed E-state index contributed by atoms with van der Waals surface area (Å²) >= 11 is 0. The van der Waals surface area contributed by atoms with Crippen LogP contribution >= 0.6 is 0 Å². The molecule has 0 bridgehead atoms. The van der Waals surface area contributed by atoms with Gasteiger partial charge in [-0.1, -0.05) is 79.3 Å². The third-order valence-corrected chi connectivity index (χ3v) is 10.2. The molecule has 128 valence electrons. The molecule has 0 aliphatic heterocycles. The third kappa shape index (κ3) is 3.94. The largest absolute Gasteiger partial charge is 0.461 e. The van der Waals surface area contributed by atoms with E-state index >= 15 is 0 Å². The summed E-state index contributed by atoms with van der Waals surface area (Å²) in [7, 11) is -1.97. The van der Waals surface area contributed by atoms with Crippen LogP contribution < -0.4 is 10.4 Å². The van der Waals surface area contributed by atoms with Crippen LogP contribution in [0.4, 0.5) is 0 Å². The van der Waals surface area contributed by atoms with Crippen molar-refractivity contribution in [1.82, 2.24) is 0 Å². The van der Waals surface area contributed by atoms with Gasteiger partial charge in [0.25, 0.3) is 0 Å². The molecule has 0 aromatic heterocycles. The van der Waals surface area contributed by atoms with Gasteiger partial charge in [0.15, 0.2) is 0 Å². The van der Waals surface area contributed by atoms with E-state index in [0.29, 0.717) is 12.1 Å². The Morgan fingerprint density at radius 3 is 2.12 bits per heavy atom. The van der Waals surface area contributed by atoms with E-state index in [1.165, 1.54) is 17.3 Å². The molecular formula is C20H26O3Si. The highest BCUT2D eigenvalue weighted by Gasteiger charge is 2.35. The molecule has 0 saturated heterocycles. The average Bonchev–Trinajstić information content (AvgIpc) is 2.59. The van der Waals surface area contributed by atoms with Gasteiger partial charge in [-0.15, -0.1) is 0 Å².